The van der Waals surface area contributed by atoms with E-state index in [4.69, 9.17) is 4.74 Å². The summed E-state index contributed by atoms with van der Waals surface area (Å²) in [6.07, 6.45) is 88.3. The van der Waals surface area contributed by atoms with Gasteiger partial charge in [-0.05, 0) is 64.2 Å². The maximum Gasteiger partial charge on any atom is 0.305 e. The fourth-order valence-corrected chi connectivity index (χ4v) is 11.2. The number of allylic oxidation sites excluding steroid dienone is 5. The van der Waals surface area contributed by atoms with Crippen LogP contribution in [0.2, 0.25) is 0 Å². The number of carbonyl (C=O) groups is 2. The summed E-state index contributed by atoms with van der Waals surface area (Å²) in [5, 5.41) is 23.0. The molecule has 0 bridgehead atoms. The van der Waals surface area contributed by atoms with Crippen molar-refractivity contribution in [2.24, 2.45) is 0 Å². The van der Waals surface area contributed by atoms with Crippen LogP contribution >= 0.6 is 0 Å². The Morgan fingerprint density at radius 1 is 0.354 bits per heavy atom. The second kappa shape index (κ2) is 68.6. The normalized spacial score (nSPS) is 12.7. The summed E-state index contributed by atoms with van der Waals surface area (Å²) >= 11 is 0. The van der Waals surface area contributed by atoms with Gasteiger partial charge in [0.15, 0.2) is 0 Å². The Morgan fingerprint density at radius 3 is 0.962 bits per heavy atom. The number of carbonyl (C=O) groups excluding carboxylic acids is 2. The number of hydrogen-bond acceptors (Lipinski definition) is 5. The molecule has 79 heavy (non-hydrogen) atoms. The second-order valence-corrected chi connectivity index (χ2v) is 24.6. The van der Waals surface area contributed by atoms with Crippen molar-refractivity contribution in [2.45, 2.75) is 405 Å². The zero-order chi connectivity index (χ0) is 57.1. The molecule has 3 N–H and O–H groups in total. The van der Waals surface area contributed by atoms with Crippen molar-refractivity contribution in [2.75, 3.05) is 13.2 Å². The zero-order valence-electron chi connectivity index (χ0n) is 53.4. The van der Waals surface area contributed by atoms with Gasteiger partial charge in [-0.1, -0.05) is 352 Å². The minimum atomic E-state index is -0.840. The lowest BCUT2D eigenvalue weighted by Crippen LogP contribution is -2.45. The molecule has 0 rings (SSSR count). The molecule has 0 aliphatic rings. The summed E-state index contributed by atoms with van der Waals surface area (Å²) in [5.74, 6) is -0.0459. The topological polar surface area (TPSA) is 95.9 Å². The second-order valence-electron chi connectivity index (χ2n) is 24.6. The molecule has 0 aromatic heterocycles. The first-order chi connectivity index (χ1) is 39.0. The molecule has 6 heteroatoms. The van der Waals surface area contributed by atoms with E-state index in [-0.39, 0.29) is 18.5 Å². The van der Waals surface area contributed by atoms with Crippen LogP contribution in [0.5, 0.6) is 0 Å². The SMILES string of the molecule is CCCCCCCCC/C=C/C(O)C(CO)NC(=O)CCCCCCCCCCCCCCCCCCC/C=C\C/C=C\CCCCCCCCCCCCCOC(=O)CCCCCCCCCCCCCCCCCCCC. The Bertz CT molecular complexity index is 1280. The predicted octanol–water partition coefficient (Wildman–Crippen LogP) is 23.1. The van der Waals surface area contributed by atoms with Crippen LogP contribution in [-0.4, -0.2) is 47.4 Å². The molecule has 0 saturated carbocycles. The highest BCUT2D eigenvalue weighted by Gasteiger charge is 2.18. The van der Waals surface area contributed by atoms with E-state index < -0.39 is 12.1 Å². The van der Waals surface area contributed by atoms with Crippen LogP contribution in [-0.2, 0) is 14.3 Å². The molecule has 0 aromatic rings. The van der Waals surface area contributed by atoms with Crippen molar-refractivity contribution in [3.8, 4) is 0 Å². The molecule has 0 fully saturated rings. The highest BCUT2D eigenvalue weighted by Crippen LogP contribution is 2.18. The van der Waals surface area contributed by atoms with Gasteiger partial charge in [-0.3, -0.25) is 9.59 Å². The van der Waals surface area contributed by atoms with Gasteiger partial charge in [0, 0.05) is 12.8 Å². The van der Waals surface area contributed by atoms with Crippen LogP contribution in [0.25, 0.3) is 0 Å². The minimum Gasteiger partial charge on any atom is -0.466 e. The lowest BCUT2D eigenvalue weighted by molar-refractivity contribution is -0.143. The quantitative estimate of drug-likeness (QED) is 0.0320. The van der Waals surface area contributed by atoms with E-state index in [1.54, 1.807) is 6.08 Å². The monoisotopic (exact) mass is 1110 g/mol. The third kappa shape index (κ3) is 65.1. The van der Waals surface area contributed by atoms with E-state index in [0.717, 1.165) is 44.9 Å². The van der Waals surface area contributed by atoms with Crippen LogP contribution in [0.1, 0.15) is 393 Å². The van der Waals surface area contributed by atoms with Gasteiger partial charge in [0.05, 0.1) is 25.4 Å². The molecule has 2 unspecified atom stereocenters. The Labute approximate surface area is 494 Å². The predicted molar refractivity (Wildman–Crippen MR) is 347 cm³/mol. The number of aliphatic hydroxyl groups is 2. The molecule has 1 amide bonds. The third-order valence-electron chi connectivity index (χ3n) is 16.7. The van der Waals surface area contributed by atoms with E-state index in [1.165, 1.54) is 321 Å². The molecule has 6 nitrogen and oxygen atoms in total. The molecule has 0 heterocycles. The lowest BCUT2D eigenvalue weighted by Gasteiger charge is -2.20. The van der Waals surface area contributed by atoms with Crippen LogP contribution < -0.4 is 5.32 Å². The number of esters is 1. The smallest absolute Gasteiger partial charge is 0.305 e. The summed E-state index contributed by atoms with van der Waals surface area (Å²) in [6, 6.07) is -0.624. The average Bonchev–Trinajstić information content (AvgIpc) is 3.45. The van der Waals surface area contributed by atoms with E-state index in [9.17, 15) is 19.8 Å². The fourth-order valence-electron chi connectivity index (χ4n) is 11.2. The van der Waals surface area contributed by atoms with Crippen LogP contribution in [0, 0.1) is 0 Å². The number of rotatable bonds is 67. The van der Waals surface area contributed by atoms with Gasteiger partial charge in [0.25, 0.3) is 0 Å². The largest absolute Gasteiger partial charge is 0.466 e. The standard InChI is InChI=1S/C73H139NO5/c1-3-5-7-9-11-13-14-15-16-17-38-41-44-47-51-55-59-63-67-73(78)79-68-64-60-56-52-48-45-42-39-36-34-32-30-28-26-24-22-20-18-19-21-23-25-27-29-31-33-35-37-40-43-46-50-54-58-62-66-72(77)74-70(69-75)71(76)65-61-57-53-49-12-10-8-6-4-2/h20,22,26,28,61,65,70-71,75-76H,3-19,21,23-25,27,29-60,62-64,66-69H2,1-2H3,(H,74,77)/b22-20-,28-26-,65-61+. The summed E-state index contributed by atoms with van der Waals surface area (Å²) in [5.41, 5.74) is 0. The van der Waals surface area contributed by atoms with Gasteiger partial charge >= 0.3 is 5.97 Å². The van der Waals surface area contributed by atoms with Gasteiger partial charge < -0.3 is 20.3 Å². The maximum atomic E-state index is 12.4. The Morgan fingerprint density at radius 2 is 0.633 bits per heavy atom. The van der Waals surface area contributed by atoms with Gasteiger partial charge in [-0.25, -0.2) is 0 Å². The van der Waals surface area contributed by atoms with E-state index in [0.29, 0.717) is 19.4 Å². The summed E-state index contributed by atoms with van der Waals surface area (Å²) in [6.45, 7) is 4.91. The Balaban J connectivity index is 3.33. The number of aliphatic hydroxyl groups excluding tert-OH is 2. The molecule has 0 aliphatic heterocycles. The summed E-state index contributed by atoms with van der Waals surface area (Å²) in [7, 11) is 0. The van der Waals surface area contributed by atoms with Crippen molar-refractivity contribution in [3.63, 3.8) is 0 Å². The van der Waals surface area contributed by atoms with Crippen molar-refractivity contribution in [1.82, 2.24) is 5.32 Å². The Hall–Kier alpha value is -1.92. The number of amides is 1. The van der Waals surface area contributed by atoms with Crippen molar-refractivity contribution in [3.05, 3.63) is 36.5 Å². The number of nitrogens with one attached hydrogen (secondary N) is 1. The molecule has 0 radical (unpaired) electrons. The van der Waals surface area contributed by atoms with Gasteiger partial charge in [-0.15, -0.1) is 0 Å². The van der Waals surface area contributed by atoms with Gasteiger partial charge in [-0.2, -0.15) is 0 Å². The molecule has 0 aromatic carbocycles. The summed E-state index contributed by atoms with van der Waals surface area (Å²) in [4.78, 5) is 24.5. The van der Waals surface area contributed by atoms with Crippen LogP contribution in [0.3, 0.4) is 0 Å². The molecule has 0 aliphatic carbocycles. The molecular formula is C73H139NO5. The van der Waals surface area contributed by atoms with Crippen molar-refractivity contribution in [1.29, 1.82) is 0 Å². The average molecular weight is 1110 g/mol. The third-order valence-corrected chi connectivity index (χ3v) is 16.7. The first kappa shape index (κ1) is 77.1. The van der Waals surface area contributed by atoms with Crippen molar-refractivity contribution < 1.29 is 24.5 Å². The van der Waals surface area contributed by atoms with Crippen LogP contribution in [0.15, 0.2) is 36.5 Å². The van der Waals surface area contributed by atoms with Gasteiger partial charge in [0.2, 0.25) is 5.91 Å². The molecular weight excluding hydrogens is 971 g/mol. The first-order valence-electron chi connectivity index (χ1n) is 35.8. The number of ether oxygens (including phenoxy) is 1. The highest BCUT2D eigenvalue weighted by molar-refractivity contribution is 5.76. The molecule has 466 valence electrons. The lowest BCUT2D eigenvalue weighted by atomic mass is 10.0. The van der Waals surface area contributed by atoms with E-state index >= 15 is 0 Å². The minimum absolute atomic E-state index is 0.0213. The zero-order valence-corrected chi connectivity index (χ0v) is 53.4. The highest BCUT2D eigenvalue weighted by atomic mass is 16.5. The van der Waals surface area contributed by atoms with Crippen molar-refractivity contribution >= 4 is 11.9 Å². The number of hydrogen-bond donors (Lipinski definition) is 3. The van der Waals surface area contributed by atoms with Crippen LogP contribution in [0.4, 0.5) is 0 Å². The Kier molecular flexibility index (Phi) is 66.9. The van der Waals surface area contributed by atoms with E-state index in [2.05, 4.69) is 43.5 Å². The maximum absolute atomic E-state index is 12.4. The van der Waals surface area contributed by atoms with Gasteiger partial charge in [0.1, 0.15) is 0 Å². The fraction of sp³-hybridized carbons (Fsp3) is 0.890. The molecule has 0 saturated heterocycles. The van der Waals surface area contributed by atoms with E-state index in [1.807, 2.05) is 6.08 Å². The summed E-state index contributed by atoms with van der Waals surface area (Å²) < 4.78 is 5.51. The molecule has 0 spiro atoms. The molecule has 2 atom stereocenters. The first-order valence-corrected chi connectivity index (χ1v) is 35.8. The number of unbranched alkanes of at least 4 members (excludes halogenated alkanes) is 52.